The summed E-state index contributed by atoms with van der Waals surface area (Å²) in [6.45, 7) is 0. The zero-order valence-corrected chi connectivity index (χ0v) is 18.5. The van der Waals surface area contributed by atoms with Gasteiger partial charge < -0.3 is 5.32 Å². The molecule has 3 aromatic carbocycles. The molecule has 2 N–H and O–H groups in total. The highest BCUT2D eigenvalue weighted by molar-refractivity contribution is 7.89. The van der Waals surface area contributed by atoms with E-state index in [1.165, 1.54) is 30.3 Å². The third-order valence-electron chi connectivity index (χ3n) is 4.76. The molecule has 1 atom stereocenters. The van der Waals surface area contributed by atoms with Crippen molar-refractivity contribution in [2.75, 3.05) is 5.32 Å². The largest absolute Gasteiger partial charge is 0.324 e. The molecule has 4 aromatic rings. The molecule has 0 aliphatic rings. The SMILES string of the molecule is O=C(Nc1cccc([N+](=O)[O-])c1)[C@@H](Cc1ccccc1)NS(=O)(=O)c1cccc2nsnc12. The van der Waals surface area contributed by atoms with E-state index in [2.05, 4.69) is 18.8 Å². The Kier molecular flexibility index (Phi) is 6.40. The molecular weight excluding hydrogens is 466 g/mol. The van der Waals surface area contributed by atoms with Crippen LogP contribution in [0, 0.1) is 10.1 Å². The van der Waals surface area contributed by atoms with Crippen molar-refractivity contribution in [3.05, 3.63) is 88.5 Å². The second-order valence-corrected chi connectivity index (χ2v) is 9.26. The summed E-state index contributed by atoms with van der Waals surface area (Å²) in [4.78, 5) is 23.5. The van der Waals surface area contributed by atoms with Crippen molar-refractivity contribution in [2.24, 2.45) is 0 Å². The van der Waals surface area contributed by atoms with E-state index in [9.17, 15) is 23.3 Å². The van der Waals surface area contributed by atoms with Gasteiger partial charge in [-0.1, -0.05) is 42.5 Å². The third kappa shape index (κ3) is 5.19. The number of amides is 1. The maximum Gasteiger partial charge on any atom is 0.271 e. The maximum absolute atomic E-state index is 13.2. The summed E-state index contributed by atoms with van der Waals surface area (Å²) < 4.78 is 37.0. The normalized spacial score (nSPS) is 12.4. The van der Waals surface area contributed by atoms with Crippen LogP contribution in [-0.4, -0.2) is 34.0 Å². The lowest BCUT2D eigenvalue weighted by Crippen LogP contribution is -2.45. The van der Waals surface area contributed by atoms with E-state index >= 15 is 0 Å². The van der Waals surface area contributed by atoms with Gasteiger partial charge in [-0.05, 0) is 30.2 Å². The number of fused-ring (bicyclic) bond motifs is 1. The summed E-state index contributed by atoms with van der Waals surface area (Å²) in [5, 5.41) is 13.6. The third-order valence-corrected chi connectivity index (χ3v) is 6.81. The molecule has 0 saturated heterocycles. The Morgan fingerprint density at radius 3 is 2.55 bits per heavy atom. The predicted molar refractivity (Wildman–Crippen MR) is 123 cm³/mol. The van der Waals surface area contributed by atoms with Gasteiger partial charge in [0.25, 0.3) is 5.69 Å². The van der Waals surface area contributed by atoms with E-state index in [1.807, 2.05) is 6.07 Å². The zero-order valence-electron chi connectivity index (χ0n) is 16.9. The Bertz CT molecular complexity index is 1420. The lowest BCUT2D eigenvalue weighted by molar-refractivity contribution is -0.384. The number of rotatable bonds is 8. The summed E-state index contributed by atoms with van der Waals surface area (Å²) >= 11 is 0.890. The first-order valence-corrected chi connectivity index (χ1v) is 11.9. The van der Waals surface area contributed by atoms with Gasteiger partial charge in [-0.2, -0.15) is 13.5 Å². The van der Waals surface area contributed by atoms with E-state index in [0.717, 1.165) is 17.3 Å². The molecule has 168 valence electrons. The van der Waals surface area contributed by atoms with Crippen LogP contribution in [0.15, 0.2) is 77.7 Å². The summed E-state index contributed by atoms with van der Waals surface area (Å²) in [6, 6.07) is 17.7. The van der Waals surface area contributed by atoms with Crippen LogP contribution in [0.2, 0.25) is 0 Å². The molecule has 0 spiro atoms. The van der Waals surface area contributed by atoms with Crippen LogP contribution in [0.5, 0.6) is 0 Å². The first-order valence-electron chi connectivity index (χ1n) is 9.66. The molecule has 0 fully saturated rings. The number of aromatic nitrogens is 2. The van der Waals surface area contributed by atoms with Crippen molar-refractivity contribution < 1.29 is 18.1 Å². The van der Waals surface area contributed by atoms with Crippen LogP contribution in [0.25, 0.3) is 11.0 Å². The molecule has 0 saturated carbocycles. The number of benzene rings is 3. The van der Waals surface area contributed by atoms with Crippen molar-refractivity contribution >= 4 is 50.1 Å². The van der Waals surface area contributed by atoms with Crippen LogP contribution in [-0.2, 0) is 21.2 Å². The Morgan fingerprint density at radius 2 is 1.79 bits per heavy atom. The van der Waals surface area contributed by atoms with Gasteiger partial charge >= 0.3 is 0 Å². The van der Waals surface area contributed by atoms with Gasteiger partial charge in [0.2, 0.25) is 15.9 Å². The van der Waals surface area contributed by atoms with Gasteiger partial charge in [-0.3, -0.25) is 14.9 Å². The number of hydrogen-bond donors (Lipinski definition) is 2. The van der Waals surface area contributed by atoms with Crippen LogP contribution in [0.1, 0.15) is 5.56 Å². The maximum atomic E-state index is 13.2. The number of hydrogen-bond acceptors (Lipinski definition) is 8. The second kappa shape index (κ2) is 9.40. The van der Waals surface area contributed by atoms with Gasteiger partial charge in [0, 0.05) is 17.8 Å². The first kappa shape index (κ1) is 22.5. The monoisotopic (exact) mass is 483 g/mol. The fourth-order valence-electron chi connectivity index (χ4n) is 3.21. The number of nitrogens with zero attached hydrogens (tertiary/aromatic N) is 3. The molecule has 0 aliphatic heterocycles. The molecule has 1 aromatic heterocycles. The average molecular weight is 484 g/mol. The van der Waals surface area contributed by atoms with Crippen LogP contribution >= 0.6 is 11.7 Å². The van der Waals surface area contributed by atoms with Gasteiger partial charge in [0.05, 0.1) is 16.7 Å². The first-order chi connectivity index (χ1) is 15.8. The standard InChI is InChI=1S/C21H17N5O5S2/c27-21(22-15-8-4-9-16(13-15)26(28)29)18(12-14-6-2-1-3-7-14)25-33(30,31)19-11-5-10-17-20(19)24-32-23-17/h1-11,13,18,25H,12H2,(H,22,27)/t18-/m1/s1. The zero-order chi connectivity index (χ0) is 23.4. The van der Waals surface area contributed by atoms with Gasteiger partial charge in [-0.25, -0.2) is 8.42 Å². The summed E-state index contributed by atoms with van der Waals surface area (Å²) in [7, 11) is -4.15. The van der Waals surface area contributed by atoms with Crippen molar-refractivity contribution in [3.8, 4) is 0 Å². The van der Waals surface area contributed by atoms with Crippen LogP contribution < -0.4 is 10.0 Å². The molecular formula is C21H17N5O5S2. The molecule has 0 aliphatic carbocycles. The van der Waals surface area contributed by atoms with E-state index in [1.54, 1.807) is 36.4 Å². The molecule has 1 heterocycles. The minimum absolute atomic E-state index is 0.0616. The number of sulfonamides is 1. The second-order valence-electron chi connectivity index (χ2n) is 7.05. The number of carbonyl (C=O) groups is 1. The van der Waals surface area contributed by atoms with E-state index in [0.29, 0.717) is 5.52 Å². The number of nitro benzene ring substituents is 1. The van der Waals surface area contributed by atoms with Crippen molar-refractivity contribution in [1.82, 2.24) is 13.5 Å². The number of carbonyl (C=O) groups excluding carboxylic acids is 1. The number of nitro groups is 1. The molecule has 12 heteroatoms. The van der Waals surface area contributed by atoms with Crippen molar-refractivity contribution in [2.45, 2.75) is 17.4 Å². The summed E-state index contributed by atoms with van der Waals surface area (Å²) in [5.74, 6) is -0.661. The molecule has 33 heavy (non-hydrogen) atoms. The highest BCUT2D eigenvalue weighted by Gasteiger charge is 2.28. The smallest absolute Gasteiger partial charge is 0.271 e. The molecule has 10 nitrogen and oxygen atoms in total. The van der Waals surface area contributed by atoms with Crippen molar-refractivity contribution in [1.29, 1.82) is 0 Å². The fraction of sp³-hybridized carbons (Fsp3) is 0.0952. The Balaban J connectivity index is 1.64. The van der Waals surface area contributed by atoms with E-state index in [4.69, 9.17) is 0 Å². The molecule has 0 bridgehead atoms. The minimum atomic E-state index is -4.15. The van der Waals surface area contributed by atoms with E-state index < -0.39 is 26.9 Å². The van der Waals surface area contributed by atoms with Crippen molar-refractivity contribution in [3.63, 3.8) is 0 Å². The number of anilines is 1. The van der Waals surface area contributed by atoms with E-state index in [-0.39, 0.29) is 28.2 Å². The predicted octanol–water partition coefficient (Wildman–Crippen LogP) is 3.13. The minimum Gasteiger partial charge on any atom is -0.324 e. The molecule has 1 amide bonds. The fourth-order valence-corrected chi connectivity index (χ4v) is 5.18. The Morgan fingerprint density at radius 1 is 1.03 bits per heavy atom. The van der Waals surface area contributed by atoms with Crippen LogP contribution in [0.3, 0.4) is 0 Å². The molecule has 4 rings (SSSR count). The number of non-ortho nitro benzene ring substituents is 1. The summed E-state index contributed by atoms with van der Waals surface area (Å²) in [6.07, 6.45) is 0.0616. The highest BCUT2D eigenvalue weighted by Crippen LogP contribution is 2.22. The Hall–Kier alpha value is -3.74. The van der Waals surface area contributed by atoms with Crippen LogP contribution in [0.4, 0.5) is 11.4 Å². The lowest BCUT2D eigenvalue weighted by Gasteiger charge is -2.19. The number of nitrogens with one attached hydrogen (secondary N) is 2. The molecule has 0 unspecified atom stereocenters. The average Bonchev–Trinajstić information content (AvgIpc) is 3.28. The van der Waals surface area contributed by atoms with Gasteiger partial charge in [0.15, 0.2) is 0 Å². The quantitative estimate of drug-likeness (QED) is 0.289. The topological polar surface area (TPSA) is 144 Å². The molecule has 0 radical (unpaired) electrons. The summed E-state index contributed by atoms with van der Waals surface area (Å²) in [5.41, 5.74) is 1.36. The van der Waals surface area contributed by atoms with Gasteiger partial charge in [-0.15, -0.1) is 0 Å². The Labute approximate surface area is 192 Å². The lowest BCUT2D eigenvalue weighted by atomic mass is 10.1. The highest BCUT2D eigenvalue weighted by atomic mass is 32.2. The van der Waals surface area contributed by atoms with Gasteiger partial charge in [0.1, 0.15) is 22.0 Å².